The second-order valence-electron chi connectivity index (χ2n) is 6.79. The molecule has 0 radical (unpaired) electrons. The first kappa shape index (κ1) is 14.4. The number of nitrogens with zero attached hydrogens (tertiary/aromatic N) is 4. The highest BCUT2D eigenvalue weighted by Gasteiger charge is 2.45. The fourth-order valence-electron chi connectivity index (χ4n) is 4.06. The van der Waals surface area contributed by atoms with E-state index in [2.05, 4.69) is 25.7 Å². The third-order valence-corrected chi connectivity index (χ3v) is 5.30. The van der Waals surface area contributed by atoms with E-state index >= 15 is 0 Å². The van der Waals surface area contributed by atoms with Gasteiger partial charge >= 0.3 is 0 Å². The molecule has 2 aliphatic rings. The van der Waals surface area contributed by atoms with Crippen molar-refractivity contribution in [1.29, 1.82) is 0 Å². The van der Waals surface area contributed by atoms with Gasteiger partial charge in [-0.15, -0.1) is 0 Å². The van der Waals surface area contributed by atoms with Crippen LogP contribution in [0.5, 0.6) is 0 Å². The molecule has 1 saturated carbocycles. The monoisotopic (exact) mass is 313 g/mol. The fourth-order valence-corrected chi connectivity index (χ4v) is 4.06. The SMILES string of the molecule is Cn1cc(-c2cnc(N)nc2NC2CNCC23CCCC3)cn1. The van der Waals surface area contributed by atoms with E-state index < -0.39 is 0 Å². The topological polar surface area (TPSA) is 93.7 Å². The van der Waals surface area contributed by atoms with Crippen LogP contribution in [0.3, 0.4) is 0 Å². The summed E-state index contributed by atoms with van der Waals surface area (Å²) in [5.74, 6) is 1.11. The van der Waals surface area contributed by atoms with Crippen LogP contribution < -0.4 is 16.4 Å². The van der Waals surface area contributed by atoms with Gasteiger partial charge in [0.1, 0.15) is 5.82 Å². The van der Waals surface area contributed by atoms with Gasteiger partial charge in [-0.3, -0.25) is 4.68 Å². The smallest absolute Gasteiger partial charge is 0.221 e. The maximum absolute atomic E-state index is 5.83. The van der Waals surface area contributed by atoms with Gasteiger partial charge in [-0.25, -0.2) is 4.98 Å². The zero-order valence-electron chi connectivity index (χ0n) is 13.4. The Kier molecular flexibility index (Phi) is 3.45. The Morgan fingerprint density at radius 2 is 2.17 bits per heavy atom. The van der Waals surface area contributed by atoms with Crippen molar-refractivity contribution in [1.82, 2.24) is 25.1 Å². The molecule has 1 atom stereocenters. The summed E-state index contributed by atoms with van der Waals surface area (Å²) < 4.78 is 1.78. The first-order valence-electron chi connectivity index (χ1n) is 8.25. The summed E-state index contributed by atoms with van der Waals surface area (Å²) in [5, 5.41) is 11.5. The number of anilines is 2. The van der Waals surface area contributed by atoms with Crippen LogP contribution in [0.1, 0.15) is 25.7 Å². The normalized spacial score (nSPS) is 22.7. The minimum absolute atomic E-state index is 0.298. The van der Waals surface area contributed by atoms with Gasteiger partial charge in [0.2, 0.25) is 5.95 Å². The molecule has 4 N–H and O–H groups in total. The van der Waals surface area contributed by atoms with Gasteiger partial charge in [-0.05, 0) is 12.8 Å². The Balaban J connectivity index is 1.67. The molecule has 2 aromatic heterocycles. The van der Waals surface area contributed by atoms with E-state index in [1.54, 1.807) is 10.9 Å². The summed E-state index contributed by atoms with van der Waals surface area (Å²) in [6.45, 7) is 2.06. The van der Waals surface area contributed by atoms with E-state index in [9.17, 15) is 0 Å². The summed E-state index contributed by atoms with van der Waals surface area (Å²) in [6, 6.07) is 0.384. The van der Waals surface area contributed by atoms with Crippen LogP contribution >= 0.6 is 0 Å². The Bertz CT molecular complexity index is 697. The van der Waals surface area contributed by atoms with Gasteiger partial charge in [-0.1, -0.05) is 12.8 Å². The number of nitrogens with one attached hydrogen (secondary N) is 2. The van der Waals surface area contributed by atoms with Gasteiger partial charge in [0, 0.05) is 55.1 Å². The van der Waals surface area contributed by atoms with Crippen molar-refractivity contribution < 1.29 is 0 Å². The molecule has 7 heteroatoms. The van der Waals surface area contributed by atoms with Crippen molar-refractivity contribution >= 4 is 11.8 Å². The van der Waals surface area contributed by atoms with Gasteiger partial charge in [0.15, 0.2) is 0 Å². The van der Waals surface area contributed by atoms with E-state index in [1.165, 1.54) is 25.7 Å². The van der Waals surface area contributed by atoms with Crippen LogP contribution in [0.15, 0.2) is 18.6 Å². The second kappa shape index (κ2) is 5.49. The number of nitrogen functional groups attached to an aromatic ring is 1. The Morgan fingerprint density at radius 3 is 2.91 bits per heavy atom. The van der Waals surface area contributed by atoms with E-state index in [1.807, 2.05) is 19.4 Å². The third-order valence-electron chi connectivity index (χ3n) is 5.30. The molecular formula is C16H23N7. The Labute approximate surface area is 135 Å². The lowest BCUT2D eigenvalue weighted by molar-refractivity contribution is 0.310. The number of hydrogen-bond acceptors (Lipinski definition) is 6. The Hall–Kier alpha value is -2.15. The average molecular weight is 313 g/mol. The lowest BCUT2D eigenvalue weighted by Gasteiger charge is -2.31. The molecular weight excluding hydrogens is 290 g/mol. The maximum atomic E-state index is 5.83. The van der Waals surface area contributed by atoms with Crippen LogP contribution in [-0.2, 0) is 7.05 Å². The fraction of sp³-hybridized carbons (Fsp3) is 0.562. The average Bonchev–Trinajstić information content (AvgIpc) is 3.24. The van der Waals surface area contributed by atoms with E-state index in [-0.39, 0.29) is 0 Å². The summed E-state index contributed by atoms with van der Waals surface area (Å²) >= 11 is 0. The summed E-state index contributed by atoms with van der Waals surface area (Å²) in [5.41, 5.74) is 8.14. The highest BCUT2D eigenvalue weighted by atomic mass is 15.2. The van der Waals surface area contributed by atoms with Crippen molar-refractivity contribution in [2.75, 3.05) is 24.1 Å². The van der Waals surface area contributed by atoms with Crippen molar-refractivity contribution in [2.45, 2.75) is 31.7 Å². The first-order chi connectivity index (χ1) is 11.2. The zero-order chi connectivity index (χ0) is 15.9. The molecule has 122 valence electrons. The zero-order valence-corrected chi connectivity index (χ0v) is 13.4. The first-order valence-corrected chi connectivity index (χ1v) is 8.25. The third kappa shape index (κ3) is 2.55. The largest absolute Gasteiger partial charge is 0.368 e. The summed E-state index contributed by atoms with van der Waals surface area (Å²) in [6.07, 6.45) is 10.8. The van der Waals surface area contributed by atoms with E-state index in [0.29, 0.717) is 17.4 Å². The lowest BCUT2D eigenvalue weighted by Crippen LogP contribution is -2.37. The lowest BCUT2D eigenvalue weighted by atomic mass is 9.81. The maximum Gasteiger partial charge on any atom is 0.221 e. The summed E-state index contributed by atoms with van der Waals surface area (Å²) in [4.78, 5) is 8.63. The second-order valence-corrected chi connectivity index (χ2v) is 6.79. The van der Waals surface area contributed by atoms with E-state index in [4.69, 9.17) is 5.73 Å². The molecule has 0 aromatic carbocycles. The van der Waals surface area contributed by atoms with Crippen molar-refractivity contribution in [3.05, 3.63) is 18.6 Å². The molecule has 1 unspecified atom stereocenters. The molecule has 0 bridgehead atoms. The van der Waals surface area contributed by atoms with Crippen LogP contribution in [0.4, 0.5) is 11.8 Å². The number of aryl methyl sites for hydroxylation is 1. The van der Waals surface area contributed by atoms with Crippen LogP contribution in [-0.4, -0.2) is 38.9 Å². The molecule has 1 aliphatic heterocycles. The molecule has 2 fully saturated rings. The molecule has 23 heavy (non-hydrogen) atoms. The minimum Gasteiger partial charge on any atom is -0.368 e. The summed E-state index contributed by atoms with van der Waals surface area (Å²) in [7, 11) is 1.91. The van der Waals surface area contributed by atoms with Crippen molar-refractivity contribution in [2.24, 2.45) is 12.5 Å². The molecule has 1 aliphatic carbocycles. The van der Waals surface area contributed by atoms with Crippen LogP contribution in [0.25, 0.3) is 11.1 Å². The number of rotatable bonds is 3. The standard InChI is InChI=1S/C16H23N7/c1-23-9-11(6-20-23)12-7-19-15(17)22-14(12)21-13-8-18-10-16(13)4-2-3-5-16/h6-7,9,13,18H,2-5,8,10H2,1H3,(H3,17,19,21,22). The molecule has 4 rings (SSSR count). The van der Waals surface area contributed by atoms with Gasteiger partial charge in [0.05, 0.1) is 6.20 Å². The number of aromatic nitrogens is 4. The predicted octanol–water partition coefficient (Wildman–Crippen LogP) is 1.40. The number of nitrogens with two attached hydrogens (primary N) is 1. The van der Waals surface area contributed by atoms with Crippen molar-refractivity contribution in [3.8, 4) is 11.1 Å². The number of hydrogen-bond donors (Lipinski definition) is 3. The molecule has 3 heterocycles. The quantitative estimate of drug-likeness (QED) is 0.793. The molecule has 1 spiro atoms. The molecule has 0 amide bonds. The highest BCUT2D eigenvalue weighted by Crippen LogP contribution is 2.44. The van der Waals surface area contributed by atoms with E-state index in [0.717, 1.165) is 30.0 Å². The van der Waals surface area contributed by atoms with Crippen LogP contribution in [0.2, 0.25) is 0 Å². The Morgan fingerprint density at radius 1 is 1.35 bits per heavy atom. The van der Waals surface area contributed by atoms with Gasteiger partial charge in [-0.2, -0.15) is 10.1 Å². The predicted molar refractivity (Wildman–Crippen MR) is 89.8 cm³/mol. The van der Waals surface area contributed by atoms with Gasteiger partial charge in [0.25, 0.3) is 0 Å². The van der Waals surface area contributed by atoms with Crippen molar-refractivity contribution in [3.63, 3.8) is 0 Å². The highest BCUT2D eigenvalue weighted by molar-refractivity contribution is 5.74. The minimum atomic E-state index is 0.298. The van der Waals surface area contributed by atoms with Gasteiger partial charge < -0.3 is 16.4 Å². The molecule has 7 nitrogen and oxygen atoms in total. The van der Waals surface area contributed by atoms with Crippen LogP contribution in [0, 0.1) is 5.41 Å². The molecule has 1 saturated heterocycles. The molecule has 2 aromatic rings.